The summed E-state index contributed by atoms with van der Waals surface area (Å²) in [4.78, 5) is 27.0. The lowest BCUT2D eigenvalue weighted by molar-refractivity contribution is -0.139. The van der Waals surface area contributed by atoms with Gasteiger partial charge >= 0.3 is 0 Å². The van der Waals surface area contributed by atoms with Crippen LogP contribution in [0.1, 0.15) is 43.4 Å². The monoisotopic (exact) mass is 399 g/mol. The van der Waals surface area contributed by atoms with E-state index in [-0.39, 0.29) is 17.1 Å². The van der Waals surface area contributed by atoms with Crippen LogP contribution in [0.4, 0.5) is 0 Å². The van der Waals surface area contributed by atoms with Crippen LogP contribution < -0.4 is 0 Å². The third-order valence-electron chi connectivity index (χ3n) is 4.83. The third kappa shape index (κ3) is 3.90. The number of aliphatic hydroxyl groups is 1. The van der Waals surface area contributed by atoms with Crippen LogP contribution in [0.2, 0.25) is 5.02 Å². The predicted molar refractivity (Wildman–Crippen MR) is 108 cm³/mol. The fraction of sp³-hybridized carbons (Fsp3) is 0.273. The molecule has 0 aromatic heterocycles. The molecule has 1 unspecified atom stereocenters. The highest BCUT2D eigenvalue weighted by atomic mass is 35.5. The van der Waals surface area contributed by atoms with Gasteiger partial charge < -0.3 is 15.1 Å². The van der Waals surface area contributed by atoms with Gasteiger partial charge in [-0.25, -0.2) is 0 Å². The van der Waals surface area contributed by atoms with Crippen molar-refractivity contribution in [3.05, 3.63) is 70.3 Å². The molecular formula is C22H22ClNO4. The van der Waals surface area contributed by atoms with Crippen molar-refractivity contribution in [2.45, 2.75) is 32.2 Å². The molecule has 1 aliphatic rings. The van der Waals surface area contributed by atoms with Crippen molar-refractivity contribution < 1.29 is 19.8 Å². The first kappa shape index (κ1) is 20.0. The second-order valence-electron chi connectivity index (χ2n) is 6.80. The summed E-state index contributed by atoms with van der Waals surface area (Å²) in [6, 6.07) is 12.1. The number of phenols is 1. The molecule has 0 bridgehead atoms. The third-order valence-corrected chi connectivity index (χ3v) is 5.06. The van der Waals surface area contributed by atoms with Crippen LogP contribution in [0, 0.1) is 0 Å². The minimum atomic E-state index is -0.761. The fourth-order valence-corrected chi connectivity index (χ4v) is 3.67. The van der Waals surface area contributed by atoms with E-state index in [1.54, 1.807) is 36.4 Å². The zero-order valence-corrected chi connectivity index (χ0v) is 16.3. The van der Waals surface area contributed by atoms with Gasteiger partial charge in [0.15, 0.2) is 0 Å². The van der Waals surface area contributed by atoms with E-state index in [2.05, 4.69) is 6.92 Å². The van der Waals surface area contributed by atoms with Crippen molar-refractivity contribution in [3.63, 3.8) is 0 Å². The number of rotatable bonds is 6. The van der Waals surface area contributed by atoms with Crippen LogP contribution in [0.25, 0.3) is 5.76 Å². The molecule has 3 rings (SSSR count). The van der Waals surface area contributed by atoms with Crippen molar-refractivity contribution in [2.24, 2.45) is 0 Å². The summed E-state index contributed by atoms with van der Waals surface area (Å²) >= 11 is 6.02. The molecule has 1 aliphatic heterocycles. The molecule has 5 nitrogen and oxygen atoms in total. The predicted octanol–water partition coefficient (Wildman–Crippen LogP) is 4.66. The molecule has 6 heteroatoms. The molecule has 1 amide bonds. The molecule has 0 spiro atoms. The number of phenolic OH excluding ortho intramolecular Hbond substituents is 1. The molecule has 0 radical (unpaired) electrons. The van der Waals surface area contributed by atoms with Gasteiger partial charge in [0.1, 0.15) is 11.5 Å². The summed E-state index contributed by atoms with van der Waals surface area (Å²) in [6.07, 6.45) is 2.64. The molecule has 1 saturated heterocycles. The highest BCUT2D eigenvalue weighted by molar-refractivity contribution is 6.46. The number of carbonyl (C=O) groups excluding carboxylic acids is 2. The maximum atomic E-state index is 12.8. The summed E-state index contributed by atoms with van der Waals surface area (Å²) in [5.74, 6) is -1.62. The molecule has 2 aromatic carbocycles. The number of unbranched alkanes of at least 4 members (excludes halogenated alkanes) is 2. The second kappa shape index (κ2) is 8.48. The highest BCUT2D eigenvalue weighted by Gasteiger charge is 2.45. The van der Waals surface area contributed by atoms with Gasteiger partial charge in [0.05, 0.1) is 11.6 Å². The van der Waals surface area contributed by atoms with Crippen molar-refractivity contribution in [3.8, 4) is 5.75 Å². The minimum absolute atomic E-state index is 0.00867. The number of carbonyl (C=O) groups is 2. The smallest absolute Gasteiger partial charge is 0.295 e. The second-order valence-corrected chi connectivity index (χ2v) is 7.24. The first-order valence-corrected chi connectivity index (χ1v) is 9.65. The number of aromatic hydroxyl groups is 1. The molecule has 1 atom stereocenters. The van der Waals surface area contributed by atoms with Crippen LogP contribution in [-0.2, 0) is 9.59 Å². The summed E-state index contributed by atoms with van der Waals surface area (Å²) in [5, 5.41) is 21.2. The summed E-state index contributed by atoms with van der Waals surface area (Å²) in [6.45, 7) is 2.45. The normalized spacial score (nSPS) is 18.6. The van der Waals surface area contributed by atoms with Crippen LogP contribution in [0.3, 0.4) is 0 Å². The van der Waals surface area contributed by atoms with E-state index in [1.807, 2.05) is 0 Å². The molecule has 146 valence electrons. The van der Waals surface area contributed by atoms with E-state index in [4.69, 9.17) is 11.6 Å². The van der Waals surface area contributed by atoms with E-state index in [0.29, 0.717) is 22.7 Å². The lowest BCUT2D eigenvalue weighted by atomic mass is 9.95. The van der Waals surface area contributed by atoms with Gasteiger partial charge in [-0.05, 0) is 36.2 Å². The molecule has 1 fully saturated rings. The summed E-state index contributed by atoms with van der Waals surface area (Å²) < 4.78 is 0. The van der Waals surface area contributed by atoms with Gasteiger partial charge in [-0.1, -0.05) is 55.6 Å². The maximum absolute atomic E-state index is 12.8. The topological polar surface area (TPSA) is 77.8 Å². The molecule has 0 saturated carbocycles. The van der Waals surface area contributed by atoms with Gasteiger partial charge in [0.2, 0.25) is 0 Å². The van der Waals surface area contributed by atoms with Crippen molar-refractivity contribution in [1.29, 1.82) is 0 Å². The first-order chi connectivity index (χ1) is 13.4. The Morgan fingerprint density at radius 2 is 1.86 bits per heavy atom. The number of nitrogens with zero attached hydrogens (tertiary/aromatic N) is 1. The number of hydrogen-bond acceptors (Lipinski definition) is 4. The molecular weight excluding hydrogens is 378 g/mol. The number of likely N-dealkylation sites (tertiary alicyclic amines) is 1. The number of ketones is 1. The largest absolute Gasteiger partial charge is 0.508 e. The molecule has 2 N–H and O–H groups in total. The van der Waals surface area contributed by atoms with E-state index in [9.17, 15) is 19.8 Å². The standard InChI is InChI=1S/C22H22ClNO4/c1-2-3-4-11-24-19(14-7-6-10-17(25)13-14)18(21(27)22(24)28)20(26)15-8-5-9-16(23)12-15/h5-10,12-13,19,25-26H,2-4,11H2,1H3/b20-18-. The zero-order chi connectivity index (χ0) is 20.3. The quantitative estimate of drug-likeness (QED) is 0.320. The number of amides is 1. The van der Waals surface area contributed by atoms with E-state index < -0.39 is 17.7 Å². The van der Waals surface area contributed by atoms with Crippen LogP contribution in [0.15, 0.2) is 54.1 Å². The minimum Gasteiger partial charge on any atom is -0.508 e. The summed E-state index contributed by atoms with van der Waals surface area (Å²) in [5.41, 5.74) is 0.942. The Morgan fingerprint density at radius 3 is 2.54 bits per heavy atom. The van der Waals surface area contributed by atoms with Crippen molar-refractivity contribution in [2.75, 3.05) is 6.54 Å². The Morgan fingerprint density at radius 1 is 1.11 bits per heavy atom. The molecule has 1 heterocycles. The number of benzene rings is 2. The van der Waals surface area contributed by atoms with Crippen LogP contribution in [0.5, 0.6) is 5.75 Å². The SMILES string of the molecule is CCCCCN1C(=O)C(=O)/C(=C(\O)c2cccc(Cl)c2)C1c1cccc(O)c1. The van der Waals surface area contributed by atoms with Gasteiger partial charge in [0.25, 0.3) is 11.7 Å². The van der Waals surface area contributed by atoms with Crippen molar-refractivity contribution in [1.82, 2.24) is 4.90 Å². The zero-order valence-electron chi connectivity index (χ0n) is 15.6. The number of halogens is 1. The summed E-state index contributed by atoms with van der Waals surface area (Å²) in [7, 11) is 0. The maximum Gasteiger partial charge on any atom is 0.295 e. The Labute approximate surface area is 168 Å². The van der Waals surface area contributed by atoms with Crippen LogP contribution in [-0.4, -0.2) is 33.3 Å². The van der Waals surface area contributed by atoms with Crippen molar-refractivity contribution >= 4 is 29.1 Å². The molecule has 0 aliphatic carbocycles. The van der Waals surface area contributed by atoms with E-state index >= 15 is 0 Å². The Balaban J connectivity index is 2.13. The van der Waals surface area contributed by atoms with Gasteiger partial charge in [-0.2, -0.15) is 0 Å². The van der Waals surface area contributed by atoms with Gasteiger partial charge in [-0.15, -0.1) is 0 Å². The lowest BCUT2D eigenvalue weighted by Gasteiger charge is -2.25. The average Bonchev–Trinajstić information content (AvgIpc) is 2.92. The average molecular weight is 400 g/mol. The van der Waals surface area contributed by atoms with E-state index in [1.165, 1.54) is 17.0 Å². The Kier molecular flexibility index (Phi) is 6.05. The highest BCUT2D eigenvalue weighted by Crippen LogP contribution is 2.40. The lowest BCUT2D eigenvalue weighted by Crippen LogP contribution is -2.30. The molecule has 28 heavy (non-hydrogen) atoms. The number of hydrogen-bond donors (Lipinski definition) is 2. The van der Waals surface area contributed by atoms with Gasteiger partial charge in [0, 0.05) is 17.1 Å². The van der Waals surface area contributed by atoms with Gasteiger partial charge in [-0.3, -0.25) is 9.59 Å². The Hall–Kier alpha value is -2.79. The van der Waals surface area contributed by atoms with Crippen LogP contribution >= 0.6 is 11.6 Å². The number of aliphatic hydroxyl groups excluding tert-OH is 1. The fourth-order valence-electron chi connectivity index (χ4n) is 3.48. The Bertz CT molecular complexity index is 938. The molecule has 2 aromatic rings. The first-order valence-electron chi connectivity index (χ1n) is 9.27. The van der Waals surface area contributed by atoms with E-state index in [0.717, 1.165) is 19.3 Å². The number of Topliss-reactive ketones (excluding diaryl/α,β-unsaturated/α-hetero) is 1.